The average molecular weight is 369 g/mol. The Labute approximate surface area is 135 Å². The number of anilines is 1. The summed E-state index contributed by atoms with van der Waals surface area (Å²) in [6, 6.07) is 7.31. The van der Waals surface area contributed by atoms with Crippen LogP contribution >= 0.6 is 27.7 Å². The molecule has 0 atom stereocenters. The van der Waals surface area contributed by atoms with Crippen molar-refractivity contribution in [3.8, 4) is 0 Å². The van der Waals surface area contributed by atoms with Crippen LogP contribution in [0.3, 0.4) is 0 Å². The Hall–Kier alpha value is -1.31. The predicted octanol–water partition coefficient (Wildman–Crippen LogP) is 2.77. The van der Waals surface area contributed by atoms with E-state index in [1.165, 1.54) is 17.8 Å². The molecule has 2 rings (SSSR count). The Balaban J connectivity index is 2.23. The minimum atomic E-state index is -0.243. The molecule has 5 nitrogen and oxygen atoms in total. The molecule has 0 amide bonds. The topological polar surface area (TPSA) is 83.8 Å². The molecule has 4 N–H and O–H groups in total. The molecule has 21 heavy (non-hydrogen) atoms. The molecule has 1 aromatic heterocycles. The van der Waals surface area contributed by atoms with Gasteiger partial charge in [-0.05, 0) is 36.7 Å². The number of H-pyrrole nitrogens is 1. The number of nitrogens with one attached hydrogen (secondary N) is 2. The fraction of sp³-hybridized carbons (Fsp3) is 0.286. The van der Waals surface area contributed by atoms with E-state index in [4.69, 9.17) is 5.73 Å². The largest absolute Gasteiger partial charge is 0.383 e. The summed E-state index contributed by atoms with van der Waals surface area (Å²) < 4.78 is 1.02. The summed E-state index contributed by atoms with van der Waals surface area (Å²) in [4.78, 5) is 19.3. The molecule has 112 valence electrons. The summed E-state index contributed by atoms with van der Waals surface area (Å²) in [6.07, 6.45) is 1.08. The maximum Gasteiger partial charge on any atom is 0.253 e. The lowest BCUT2D eigenvalue weighted by Crippen LogP contribution is -2.14. The second-order valence-corrected chi connectivity index (χ2v) is 6.45. The summed E-state index contributed by atoms with van der Waals surface area (Å²) >= 11 is 4.89. The predicted molar refractivity (Wildman–Crippen MR) is 89.5 cm³/mol. The zero-order valence-electron chi connectivity index (χ0n) is 11.6. The quantitative estimate of drug-likeness (QED) is 0.539. The number of benzene rings is 1. The third kappa shape index (κ3) is 4.87. The van der Waals surface area contributed by atoms with Crippen LogP contribution in [0, 0.1) is 0 Å². The second kappa shape index (κ2) is 7.63. The maximum absolute atomic E-state index is 11.4. The van der Waals surface area contributed by atoms with E-state index in [0.29, 0.717) is 5.16 Å². The number of halogens is 1. The van der Waals surface area contributed by atoms with Gasteiger partial charge in [-0.2, -0.15) is 0 Å². The van der Waals surface area contributed by atoms with Crippen LogP contribution in [0.5, 0.6) is 0 Å². The van der Waals surface area contributed by atoms with E-state index in [9.17, 15) is 4.79 Å². The molecule has 0 saturated heterocycles. The molecule has 0 saturated carbocycles. The number of nitrogens with zero attached hydrogens (tertiary/aromatic N) is 1. The molecule has 0 aliphatic heterocycles. The highest BCUT2D eigenvalue weighted by Gasteiger charge is 2.08. The van der Waals surface area contributed by atoms with Gasteiger partial charge >= 0.3 is 0 Å². The second-order valence-electron chi connectivity index (χ2n) is 4.51. The van der Waals surface area contributed by atoms with E-state index in [1.54, 1.807) is 0 Å². The molecule has 1 aromatic carbocycles. The van der Waals surface area contributed by atoms with Gasteiger partial charge in [0, 0.05) is 22.0 Å². The van der Waals surface area contributed by atoms with Crippen molar-refractivity contribution < 1.29 is 0 Å². The minimum absolute atomic E-state index is 0.226. The minimum Gasteiger partial charge on any atom is -0.383 e. The monoisotopic (exact) mass is 368 g/mol. The van der Waals surface area contributed by atoms with Gasteiger partial charge < -0.3 is 16.0 Å². The lowest BCUT2D eigenvalue weighted by atomic mass is 10.2. The van der Waals surface area contributed by atoms with E-state index < -0.39 is 0 Å². The van der Waals surface area contributed by atoms with Gasteiger partial charge in [0.2, 0.25) is 0 Å². The number of aromatic amines is 1. The van der Waals surface area contributed by atoms with Crippen molar-refractivity contribution in [2.45, 2.75) is 29.9 Å². The van der Waals surface area contributed by atoms with Crippen molar-refractivity contribution in [3.63, 3.8) is 0 Å². The molecule has 0 aliphatic carbocycles. The van der Waals surface area contributed by atoms with Crippen molar-refractivity contribution in [1.82, 2.24) is 15.3 Å². The number of hydrogen-bond acceptors (Lipinski definition) is 5. The van der Waals surface area contributed by atoms with Crippen molar-refractivity contribution in [2.24, 2.45) is 0 Å². The van der Waals surface area contributed by atoms with Gasteiger partial charge in [-0.25, -0.2) is 4.98 Å². The number of nitrogens with two attached hydrogens (primary N) is 1. The molecule has 1 heterocycles. The molecule has 7 heteroatoms. The first kappa shape index (κ1) is 16.1. The van der Waals surface area contributed by atoms with Crippen LogP contribution < -0.4 is 16.6 Å². The molecule has 0 spiro atoms. The third-order valence-corrected chi connectivity index (χ3v) is 4.21. The summed E-state index contributed by atoms with van der Waals surface area (Å²) in [7, 11) is 0. The van der Waals surface area contributed by atoms with Gasteiger partial charge in [-0.15, -0.1) is 0 Å². The van der Waals surface area contributed by atoms with Crippen molar-refractivity contribution in [1.29, 1.82) is 0 Å². The van der Waals surface area contributed by atoms with Crippen LogP contribution in [0.1, 0.15) is 18.9 Å². The Morgan fingerprint density at radius 1 is 1.43 bits per heavy atom. The van der Waals surface area contributed by atoms with Crippen molar-refractivity contribution in [2.75, 3.05) is 12.3 Å². The molecule has 0 fully saturated rings. The molecule has 0 aliphatic rings. The standard InChI is InChI=1S/C14H17BrN4OS/c1-2-5-17-8-9-6-10(15)3-4-11(9)21-14-18-12(16)7-13(20)19-14/h3-4,6-7,17H,2,5,8H2,1H3,(H3,16,18,19,20). The van der Waals surface area contributed by atoms with Gasteiger partial charge in [0.1, 0.15) is 5.82 Å². The zero-order valence-corrected chi connectivity index (χ0v) is 14.1. The van der Waals surface area contributed by atoms with Crippen molar-refractivity contribution >= 4 is 33.5 Å². The molecule has 0 radical (unpaired) electrons. The van der Waals surface area contributed by atoms with Gasteiger partial charge in [0.25, 0.3) is 5.56 Å². The summed E-state index contributed by atoms with van der Waals surface area (Å²) in [5.41, 5.74) is 6.51. The zero-order chi connectivity index (χ0) is 15.2. The number of nitrogen functional groups attached to an aromatic ring is 1. The lowest BCUT2D eigenvalue weighted by Gasteiger charge is -2.10. The van der Waals surface area contributed by atoms with Crippen molar-refractivity contribution in [3.05, 3.63) is 44.7 Å². The molecule has 0 unspecified atom stereocenters. The lowest BCUT2D eigenvalue weighted by molar-refractivity contribution is 0.669. The van der Waals surface area contributed by atoms with E-state index in [1.807, 2.05) is 12.1 Å². The van der Waals surface area contributed by atoms with Crippen LogP contribution in [0.4, 0.5) is 5.82 Å². The van der Waals surface area contributed by atoms with Crippen LogP contribution in [0.2, 0.25) is 0 Å². The van der Waals surface area contributed by atoms with Crippen LogP contribution in [-0.4, -0.2) is 16.5 Å². The van der Waals surface area contributed by atoms with Gasteiger partial charge in [-0.3, -0.25) is 4.79 Å². The maximum atomic E-state index is 11.4. The fourth-order valence-corrected chi connectivity index (χ4v) is 3.11. The SMILES string of the molecule is CCCNCc1cc(Br)ccc1Sc1nc(N)cc(=O)[nH]1. The van der Waals surface area contributed by atoms with Gasteiger partial charge in [0.05, 0.1) is 0 Å². The Morgan fingerprint density at radius 2 is 2.24 bits per heavy atom. The molecular weight excluding hydrogens is 352 g/mol. The molecule has 2 aromatic rings. The van der Waals surface area contributed by atoms with E-state index in [0.717, 1.165) is 34.4 Å². The van der Waals surface area contributed by atoms with Gasteiger partial charge in [0.15, 0.2) is 5.16 Å². The highest BCUT2D eigenvalue weighted by Crippen LogP contribution is 2.30. The normalized spacial score (nSPS) is 10.8. The van der Waals surface area contributed by atoms with Crippen LogP contribution in [0.15, 0.2) is 43.6 Å². The van der Waals surface area contributed by atoms with Crippen LogP contribution in [-0.2, 0) is 6.54 Å². The number of aromatic nitrogens is 2. The van der Waals surface area contributed by atoms with E-state index in [2.05, 4.69) is 44.2 Å². The number of hydrogen-bond donors (Lipinski definition) is 3. The van der Waals surface area contributed by atoms with Crippen LogP contribution in [0.25, 0.3) is 0 Å². The average Bonchev–Trinajstić information content (AvgIpc) is 2.41. The summed E-state index contributed by atoms with van der Waals surface area (Å²) in [5.74, 6) is 0.226. The Bertz CT molecular complexity index is 674. The van der Waals surface area contributed by atoms with E-state index in [-0.39, 0.29) is 11.4 Å². The molecular formula is C14H17BrN4OS. The smallest absolute Gasteiger partial charge is 0.253 e. The fourth-order valence-electron chi connectivity index (χ4n) is 1.79. The van der Waals surface area contributed by atoms with Gasteiger partial charge in [-0.1, -0.05) is 34.6 Å². The Morgan fingerprint density at radius 3 is 2.95 bits per heavy atom. The van der Waals surface area contributed by atoms with E-state index >= 15 is 0 Å². The highest BCUT2D eigenvalue weighted by atomic mass is 79.9. The summed E-state index contributed by atoms with van der Waals surface area (Å²) in [6.45, 7) is 3.86. The Kier molecular flexibility index (Phi) is 5.84. The summed E-state index contributed by atoms with van der Waals surface area (Å²) in [5, 5.41) is 3.88. The first-order valence-electron chi connectivity index (χ1n) is 6.62. The number of rotatable bonds is 6. The third-order valence-electron chi connectivity index (χ3n) is 2.71. The molecule has 0 bridgehead atoms. The first-order chi connectivity index (χ1) is 10.1. The first-order valence-corrected chi connectivity index (χ1v) is 8.23. The highest BCUT2D eigenvalue weighted by molar-refractivity contribution is 9.10.